The normalized spacial score (nSPS) is 12.4. The Morgan fingerprint density at radius 2 is 1.74 bits per heavy atom. The summed E-state index contributed by atoms with van der Waals surface area (Å²) in [6, 6.07) is 13.0. The average Bonchev–Trinajstić information content (AvgIpc) is 2.38. The molecule has 2 nitrogen and oxygen atoms in total. The topological polar surface area (TPSA) is 38.0 Å². The zero-order valence-corrected chi connectivity index (χ0v) is 12.3. The van der Waals surface area contributed by atoms with E-state index in [1.807, 2.05) is 36.4 Å². The summed E-state index contributed by atoms with van der Waals surface area (Å²) in [4.78, 5) is 0. The molecule has 1 atom stereocenters. The Bertz CT molecular complexity index is 572. The molecular weight excluding hydrogens is 303 g/mol. The lowest BCUT2D eigenvalue weighted by molar-refractivity contribution is 0.552. The van der Waals surface area contributed by atoms with Gasteiger partial charge in [-0.3, -0.25) is 11.3 Å². The minimum atomic E-state index is -0.0580. The van der Waals surface area contributed by atoms with Crippen molar-refractivity contribution in [2.24, 2.45) is 5.84 Å². The van der Waals surface area contributed by atoms with Crippen molar-refractivity contribution in [3.63, 3.8) is 0 Å². The summed E-state index contributed by atoms with van der Waals surface area (Å²) in [6.07, 6.45) is 0.660. The van der Waals surface area contributed by atoms with Gasteiger partial charge in [-0.1, -0.05) is 53.0 Å². The van der Waals surface area contributed by atoms with E-state index in [9.17, 15) is 0 Å². The Hall–Kier alpha value is -0.770. The zero-order valence-electron chi connectivity index (χ0n) is 10.0. The number of nitrogens with two attached hydrogens (primary N) is 1. The molecule has 100 valence electrons. The van der Waals surface area contributed by atoms with Gasteiger partial charge >= 0.3 is 0 Å². The minimum absolute atomic E-state index is 0.0580. The monoisotopic (exact) mass is 314 g/mol. The number of nitrogens with one attached hydrogen (secondary N) is 1. The SMILES string of the molecule is NNC(Cc1ccc(Cl)cc1Cl)c1cccc(Cl)c1. The molecular formula is C14H13Cl3N2. The molecule has 1 unspecified atom stereocenters. The van der Waals surface area contributed by atoms with E-state index in [1.165, 1.54) is 0 Å². The fourth-order valence-electron chi connectivity index (χ4n) is 1.90. The van der Waals surface area contributed by atoms with E-state index in [1.54, 1.807) is 6.07 Å². The summed E-state index contributed by atoms with van der Waals surface area (Å²) < 4.78 is 0. The van der Waals surface area contributed by atoms with Crippen LogP contribution in [0, 0.1) is 0 Å². The molecule has 0 aliphatic carbocycles. The van der Waals surface area contributed by atoms with Crippen molar-refractivity contribution >= 4 is 34.8 Å². The zero-order chi connectivity index (χ0) is 13.8. The lowest BCUT2D eigenvalue weighted by atomic mass is 9.99. The van der Waals surface area contributed by atoms with Crippen LogP contribution in [0.3, 0.4) is 0 Å². The number of hydrogen-bond acceptors (Lipinski definition) is 2. The third-order valence-corrected chi connectivity index (χ3v) is 3.71. The molecule has 0 bridgehead atoms. The van der Waals surface area contributed by atoms with Crippen molar-refractivity contribution in [1.29, 1.82) is 0 Å². The van der Waals surface area contributed by atoms with Crippen LogP contribution in [0.5, 0.6) is 0 Å². The van der Waals surface area contributed by atoms with Crippen LogP contribution < -0.4 is 11.3 Å². The summed E-state index contributed by atoms with van der Waals surface area (Å²) >= 11 is 18.0. The Morgan fingerprint density at radius 3 is 2.37 bits per heavy atom. The highest BCUT2D eigenvalue weighted by atomic mass is 35.5. The predicted molar refractivity (Wildman–Crippen MR) is 81.7 cm³/mol. The van der Waals surface area contributed by atoms with Crippen LogP contribution >= 0.6 is 34.8 Å². The van der Waals surface area contributed by atoms with Crippen molar-refractivity contribution in [1.82, 2.24) is 5.43 Å². The molecule has 0 aromatic heterocycles. The van der Waals surface area contributed by atoms with Gasteiger partial charge in [-0.2, -0.15) is 0 Å². The minimum Gasteiger partial charge on any atom is -0.271 e. The number of halogens is 3. The summed E-state index contributed by atoms with van der Waals surface area (Å²) in [5.74, 6) is 5.62. The molecule has 0 fully saturated rings. The van der Waals surface area contributed by atoms with Crippen LogP contribution in [0.25, 0.3) is 0 Å². The average molecular weight is 316 g/mol. The maximum absolute atomic E-state index is 6.17. The van der Waals surface area contributed by atoms with Gasteiger partial charge in [-0.05, 0) is 41.8 Å². The Labute approximate surface area is 127 Å². The quantitative estimate of drug-likeness (QED) is 0.648. The van der Waals surface area contributed by atoms with E-state index in [0.29, 0.717) is 21.5 Å². The fraction of sp³-hybridized carbons (Fsp3) is 0.143. The van der Waals surface area contributed by atoms with E-state index < -0.39 is 0 Å². The van der Waals surface area contributed by atoms with Crippen LogP contribution in [0.15, 0.2) is 42.5 Å². The van der Waals surface area contributed by atoms with E-state index in [-0.39, 0.29) is 6.04 Å². The van der Waals surface area contributed by atoms with Crippen LogP contribution in [0.4, 0.5) is 0 Å². The third kappa shape index (κ3) is 3.85. The van der Waals surface area contributed by atoms with Crippen LogP contribution in [0.2, 0.25) is 15.1 Å². The first-order chi connectivity index (χ1) is 9.10. The fourth-order valence-corrected chi connectivity index (χ4v) is 2.59. The molecule has 3 N–H and O–H groups in total. The number of rotatable bonds is 4. The summed E-state index contributed by atoms with van der Waals surface area (Å²) in [5.41, 5.74) is 4.78. The van der Waals surface area contributed by atoms with Gasteiger partial charge in [0.2, 0.25) is 0 Å². The number of benzene rings is 2. The third-order valence-electron chi connectivity index (χ3n) is 2.89. The first kappa shape index (κ1) is 14.6. The van der Waals surface area contributed by atoms with E-state index in [0.717, 1.165) is 11.1 Å². The van der Waals surface area contributed by atoms with Crippen LogP contribution in [0.1, 0.15) is 17.2 Å². The molecule has 0 heterocycles. The Balaban J connectivity index is 2.24. The standard InChI is InChI=1S/C14H13Cl3N2/c15-11-3-1-2-10(6-11)14(19-18)7-9-4-5-12(16)8-13(9)17/h1-6,8,14,19H,7,18H2. The molecule has 0 aliphatic rings. The van der Waals surface area contributed by atoms with Crippen molar-refractivity contribution < 1.29 is 0 Å². The molecule has 0 saturated heterocycles. The molecule has 2 aromatic carbocycles. The summed E-state index contributed by atoms with van der Waals surface area (Å²) in [6.45, 7) is 0. The van der Waals surface area contributed by atoms with Gasteiger partial charge in [-0.25, -0.2) is 0 Å². The first-order valence-corrected chi connectivity index (χ1v) is 6.89. The van der Waals surface area contributed by atoms with E-state index in [2.05, 4.69) is 5.43 Å². The van der Waals surface area contributed by atoms with Crippen molar-refractivity contribution in [3.8, 4) is 0 Å². The second-order valence-electron chi connectivity index (χ2n) is 4.21. The number of hydrazine groups is 1. The van der Waals surface area contributed by atoms with Gasteiger partial charge in [0.15, 0.2) is 0 Å². The first-order valence-electron chi connectivity index (χ1n) is 5.75. The lowest BCUT2D eigenvalue weighted by Crippen LogP contribution is -2.29. The highest BCUT2D eigenvalue weighted by Gasteiger charge is 2.13. The van der Waals surface area contributed by atoms with Gasteiger partial charge in [0.1, 0.15) is 0 Å². The van der Waals surface area contributed by atoms with Crippen molar-refractivity contribution in [2.45, 2.75) is 12.5 Å². The molecule has 0 aliphatic heterocycles. The van der Waals surface area contributed by atoms with Gasteiger partial charge in [0.25, 0.3) is 0 Å². The molecule has 0 spiro atoms. The predicted octanol–water partition coefficient (Wildman–Crippen LogP) is 4.39. The summed E-state index contributed by atoms with van der Waals surface area (Å²) in [7, 11) is 0. The highest BCUT2D eigenvalue weighted by molar-refractivity contribution is 6.35. The molecule has 2 aromatic rings. The molecule has 0 radical (unpaired) electrons. The molecule has 19 heavy (non-hydrogen) atoms. The van der Waals surface area contributed by atoms with Gasteiger partial charge in [-0.15, -0.1) is 0 Å². The Kier molecular flexibility index (Phi) is 5.08. The largest absolute Gasteiger partial charge is 0.271 e. The Morgan fingerprint density at radius 1 is 1.00 bits per heavy atom. The van der Waals surface area contributed by atoms with Gasteiger partial charge in [0.05, 0.1) is 6.04 Å². The van der Waals surface area contributed by atoms with Crippen molar-refractivity contribution in [2.75, 3.05) is 0 Å². The molecule has 0 saturated carbocycles. The molecule has 0 amide bonds. The van der Waals surface area contributed by atoms with Crippen LogP contribution in [-0.2, 0) is 6.42 Å². The number of hydrogen-bond donors (Lipinski definition) is 2. The molecule has 2 rings (SSSR count). The molecule has 5 heteroatoms. The van der Waals surface area contributed by atoms with E-state index in [4.69, 9.17) is 40.6 Å². The van der Waals surface area contributed by atoms with Gasteiger partial charge < -0.3 is 0 Å². The second-order valence-corrected chi connectivity index (χ2v) is 5.49. The maximum atomic E-state index is 6.17. The van der Waals surface area contributed by atoms with Gasteiger partial charge in [0, 0.05) is 15.1 Å². The smallest absolute Gasteiger partial charge is 0.0501 e. The van der Waals surface area contributed by atoms with Crippen molar-refractivity contribution in [3.05, 3.63) is 68.7 Å². The van der Waals surface area contributed by atoms with Crippen LogP contribution in [-0.4, -0.2) is 0 Å². The maximum Gasteiger partial charge on any atom is 0.0501 e. The summed E-state index contributed by atoms with van der Waals surface area (Å²) in [5, 5.41) is 1.93. The highest BCUT2D eigenvalue weighted by Crippen LogP contribution is 2.26. The lowest BCUT2D eigenvalue weighted by Gasteiger charge is -2.17. The van der Waals surface area contributed by atoms with E-state index >= 15 is 0 Å². The second kappa shape index (κ2) is 6.60.